The van der Waals surface area contributed by atoms with Crippen molar-refractivity contribution in [3.8, 4) is 0 Å². The van der Waals surface area contributed by atoms with Crippen LogP contribution in [-0.4, -0.2) is 12.5 Å². The second-order valence-corrected chi connectivity index (χ2v) is 7.39. The second kappa shape index (κ2) is 7.53. The van der Waals surface area contributed by atoms with Crippen LogP contribution in [0.3, 0.4) is 0 Å². The smallest absolute Gasteiger partial charge is 0.252 e. The maximum atomic E-state index is 12.5. The lowest BCUT2D eigenvalue weighted by molar-refractivity contribution is 0.0682. The fourth-order valence-electron chi connectivity index (χ4n) is 4.28. The third-order valence-corrected chi connectivity index (χ3v) is 5.78. The van der Waals surface area contributed by atoms with E-state index in [9.17, 15) is 4.79 Å². The van der Waals surface area contributed by atoms with Crippen LogP contribution in [0.25, 0.3) is 6.08 Å². The molecule has 0 radical (unpaired) electrons. The van der Waals surface area contributed by atoms with Crippen LogP contribution in [0, 0.1) is 11.3 Å². The van der Waals surface area contributed by atoms with Crippen molar-refractivity contribution in [3.63, 3.8) is 0 Å². The van der Waals surface area contributed by atoms with Crippen molar-refractivity contribution in [2.24, 2.45) is 11.3 Å². The molecule has 0 atom stereocenters. The first-order valence-corrected chi connectivity index (χ1v) is 8.70. The van der Waals surface area contributed by atoms with Crippen LogP contribution < -0.4 is 5.32 Å². The van der Waals surface area contributed by atoms with Crippen molar-refractivity contribution in [1.82, 2.24) is 5.32 Å². The van der Waals surface area contributed by atoms with Crippen molar-refractivity contribution in [1.29, 1.82) is 0 Å². The van der Waals surface area contributed by atoms with E-state index in [2.05, 4.69) is 11.9 Å². The molecule has 2 fully saturated rings. The van der Waals surface area contributed by atoms with Crippen LogP contribution in [0.1, 0.15) is 68.3 Å². The Balaban J connectivity index is 0.00000192. The number of hydrogen-bond acceptors (Lipinski definition) is 1. The zero-order valence-electron chi connectivity index (χ0n) is 13.0. The number of nitrogens with one attached hydrogen (secondary N) is 1. The molecule has 3 heteroatoms. The Hall–Kier alpha value is -1.28. The number of carbonyl (C=O) groups excluding carboxylic acids is 1. The highest BCUT2D eigenvalue weighted by Crippen LogP contribution is 2.48. The van der Waals surface area contributed by atoms with Crippen molar-refractivity contribution in [3.05, 3.63) is 40.9 Å². The first-order valence-electron chi connectivity index (χ1n) is 8.32. The minimum Gasteiger partial charge on any atom is -0.351 e. The summed E-state index contributed by atoms with van der Waals surface area (Å²) in [6.45, 7) is 4.53. The normalized spacial score (nSPS) is 26.0. The standard InChI is InChI=1S/C19H24ClNO.CH4/c1-2-14-7-8-17(20)16(11-14)18(22)21-13-19-9-3-5-15(12-19)6-4-10-19;/h2,7-8,11,15H,1,3-6,9-10,12-13H2,(H,21,22);1H4. The van der Waals surface area contributed by atoms with E-state index in [1.54, 1.807) is 12.1 Å². The van der Waals surface area contributed by atoms with Crippen LogP contribution in [-0.2, 0) is 0 Å². The van der Waals surface area contributed by atoms with Crippen molar-refractivity contribution < 1.29 is 4.79 Å². The maximum Gasteiger partial charge on any atom is 0.252 e. The average Bonchev–Trinajstić information content (AvgIpc) is 2.53. The molecule has 0 aromatic heterocycles. The first kappa shape index (κ1) is 18.1. The van der Waals surface area contributed by atoms with Crippen molar-refractivity contribution in [2.75, 3.05) is 6.54 Å². The summed E-state index contributed by atoms with van der Waals surface area (Å²) in [5.74, 6) is 0.822. The lowest BCUT2D eigenvalue weighted by Gasteiger charge is -2.45. The van der Waals surface area contributed by atoms with E-state index in [1.165, 1.54) is 44.9 Å². The molecule has 1 N–H and O–H groups in total. The topological polar surface area (TPSA) is 29.1 Å². The SMILES string of the molecule is C.C=Cc1ccc(Cl)c(C(=O)NCC23CCCC(CCC2)C3)c1. The summed E-state index contributed by atoms with van der Waals surface area (Å²) in [7, 11) is 0. The minimum atomic E-state index is -0.0595. The molecule has 3 rings (SSSR count). The summed E-state index contributed by atoms with van der Waals surface area (Å²) < 4.78 is 0. The highest BCUT2D eigenvalue weighted by Gasteiger charge is 2.39. The summed E-state index contributed by atoms with van der Waals surface area (Å²) in [4.78, 5) is 12.5. The number of amides is 1. The molecule has 0 saturated heterocycles. The molecule has 2 aliphatic carbocycles. The first-order chi connectivity index (χ1) is 10.6. The molecule has 1 aromatic carbocycles. The highest BCUT2D eigenvalue weighted by molar-refractivity contribution is 6.33. The molecular weight excluding hydrogens is 306 g/mol. The Bertz CT molecular complexity index is 571. The molecule has 23 heavy (non-hydrogen) atoms. The predicted molar refractivity (Wildman–Crippen MR) is 98.8 cm³/mol. The Labute approximate surface area is 145 Å². The summed E-state index contributed by atoms with van der Waals surface area (Å²) in [5, 5.41) is 3.65. The average molecular weight is 334 g/mol. The fraction of sp³-hybridized carbons (Fsp3) is 0.550. The van der Waals surface area contributed by atoms with Gasteiger partial charge < -0.3 is 5.32 Å². The number of hydrogen-bond donors (Lipinski definition) is 1. The molecular formula is C20H28ClNO. The fourth-order valence-corrected chi connectivity index (χ4v) is 4.48. The second-order valence-electron chi connectivity index (χ2n) is 6.98. The lowest BCUT2D eigenvalue weighted by Crippen LogP contribution is -2.43. The summed E-state index contributed by atoms with van der Waals surface area (Å²) in [6, 6.07) is 5.45. The van der Waals surface area contributed by atoms with Gasteiger partial charge in [0.05, 0.1) is 10.6 Å². The lowest BCUT2D eigenvalue weighted by atomic mass is 9.62. The molecule has 1 amide bonds. The van der Waals surface area contributed by atoms with E-state index in [1.807, 2.05) is 12.1 Å². The van der Waals surface area contributed by atoms with E-state index in [-0.39, 0.29) is 13.3 Å². The van der Waals surface area contributed by atoms with Gasteiger partial charge in [-0.25, -0.2) is 0 Å². The molecule has 2 aliphatic rings. The van der Waals surface area contributed by atoms with Gasteiger partial charge in [0, 0.05) is 6.54 Å². The quantitative estimate of drug-likeness (QED) is 0.751. The van der Waals surface area contributed by atoms with Crippen molar-refractivity contribution in [2.45, 2.75) is 52.4 Å². The van der Waals surface area contributed by atoms with Crippen LogP contribution in [0.2, 0.25) is 5.02 Å². The van der Waals surface area contributed by atoms with Gasteiger partial charge in [0.1, 0.15) is 0 Å². The molecule has 2 saturated carbocycles. The number of carbonyl (C=O) groups is 1. The molecule has 126 valence electrons. The van der Waals surface area contributed by atoms with E-state index < -0.39 is 0 Å². The van der Waals surface area contributed by atoms with Crippen LogP contribution in [0.15, 0.2) is 24.8 Å². The highest BCUT2D eigenvalue weighted by atomic mass is 35.5. The molecule has 2 nitrogen and oxygen atoms in total. The van der Waals surface area contributed by atoms with Crippen LogP contribution in [0.4, 0.5) is 0 Å². The zero-order valence-corrected chi connectivity index (χ0v) is 13.8. The molecule has 1 aromatic rings. The van der Waals surface area contributed by atoms with Gasteiger partial charge in [-0.2, -0.15) is 0 Å². The summed E-state index contributed by atoms with van der Waals surface area (Å²) in [5.41, 5.74) is 1.81. The third kappa shape index (κ3) is 3.98. The number of benzene rings is 1. The van der Waals surface area contributed by atoms with Gasteiger partial charge in [-0.15, -0.1) is 0 Å². The van der Waals surface area contributed by atoms with Gasteiger partial charge in [0.25, 0.3) is 5.91 Å². The number of rotatable bonds is 4. The summed E-state index contributed by atoms with van der Waals surface area (Å²) >= 11 is 6.18. The Morgan fingerprint density at radius 1 is 1.35 bits per heavy atom. The Kier molecular flexibility index (Phi) is 5.91. The van der Waals surface area contributed by atoms with Gasteiger partial charge >= 0.3 is 0 Å². The van der Waals surface area contributed by atoms with E-state index in [0.717, 1.165) is 18.0 Å². The van der Waals surface area contributed by atoms with Gasteiger partial charge in [-0.1, -0.05) is 63.4 Å². The Morgan fingerprint density at radius 3 is 2.70 bits per heavy atom. The van der Waals surface area contributed by atoms with Gasteiger partial charge in [-0.3, -0.25) is 4.79 Å². The minimum absolute atomic E-state index is 0. The summed E-state index contributed by atoms with van der Waals surface area (Å²) in [6.07, 6.45) is 10.9. The Morgan fingerprint density at radius 2 is 2.04 bits per heavy atom. The molecule has 0 heterocycles. The van der Waals surface area contributed by atoms with E-state index >= 15 is 0 Å². The zero-order chi connectivity index (χ0) is 15.6. The van der Waals surface area contributed by atoms with Crippen LogP contribution >= 0.6 is 11.6 Å². The van der Waals surface area contributed by atoms with E-state index in [4.69, 9.17) is 11.6 Å². The molecule has 0 spiro atoms. The maximum absolute atomic E-state index is 12.5. The van der Waals surface area contributed by atoms with Crippen LogP contribution in [0.5, 0.6) is 0 Å². The van der Waals surface area contributed by atoms with Crippen molar-refractivity contribution >= 4 is 23.6 Å². The predicted octanol–water partition coefficient (Wildman–Crippen LogP) is 5.71. The molecule has 0 aliphatic heterocycles. The molecule has 2 bridgehead atoms. The van der Waals surface area contributed by atoms with E-state index in [0.29, 0.717) is 16.0 Å². The van der Waals surface area contributed by atoms with Gasteiger partial charge in [-0.05, 0) is 48.3 Å². The number of fused-ring (bicyclic) bond motifs is 2. The monoisotopic (exact) mass is 333 g/mol. The third-order valence-electron chi connectivity index (χ3n) is 5.46. The largest absolute Gasteiger partial charge is 0.351 e. The number of halogens is 1. The van der Waals surface area contributed by atoms with Gasteiger partial charge in [0.2, 0.25) is 0 Å². The van der Waals surface area contributed by atoms with Gasteiger partial charge in [0.15, 0.2) is 0 Å². The molecule has 0 unspecified atom stereocenters.